The predicted octanol–water partition coefficient (Wildman–Crippen LogP) is 2.69. The van der Waals surface area contributed by atoms with Crippen LogP contribution in [-0.2, 0) is 0 Å². The number of likely N-dealkylation sites (tertiary alicyclic amines) is 1. The third kappa shape index (κ3) is 3.80. The number of hydrogen-bond donors (Lipinski definition) is 2. The zero-order valence-electron chi connectivity index (χ0n) is 11.3. The lowest BCUT2D eigenvalue weighted by Gasteiger charge is -2.30. The van der Waals surface area contributed by atoms with E-state index >= 15 is 0 Å². The van der Waals surface area contributed by atoms with Gasteiger partial charge in [0.05, 0.1) is 0 Å². The van der Waals surface area contributed by atoms with Gasteiger partial charge >= 0.3 is 0 Å². The average molecular weight is 269 g/mol. The minimum absolute atomic E-state index is 0.0837. The van der Waals surface area contributed by atoms with Crippen LogP contribution in [-0.4, -0.2) is 31.1 Å². The van der Waals surface area contributed by atoms with E-state index in [1.54, 1.807) is 0 Å². The molecule has 0 aliphatic carbocycles. The van der Waals surface area contributed by atoms with Crippen molar-refractivity contribution in [3.8, 4) is 0 Å². The van der Waals surface area contributed by atoms with E-state index in [1.165, 1.54) is 12.8 Å². The van der Waals surface area contributed by atoms with Gasteiger partial charge in [0.1, 0.15) is 5.69 Å². The molecule has 0 spiro atoms. The maximum Gasteiger partial charge on any atom is 0.151 e. The Kier molecular flexibility index (Phi) is 4.58. The second-order valence-electron chi connectivity index (χ2n) is 5.31. The Bertz CT molecular complexity index is 406. The lowest BCUT2D eigenvalue weighted by atomic mass is 9.99. The van der Waals surface area contributed by atoms with Crippen LogP contribution in [0.1, 0.15) is 19.8 Å². The van der Waals surface area contributed by atoms with Gasteiger partial charge in [-0.2, -0.15) is 0 Å². The van der Waals surface area contributed by atoms with Gasteiger partial charge in [-0.1, -0.05) is 6.92 Å². The zero-order valence-corrected chi connectivity index (χ0v) is 11.3. The molecular weight excluding hydrogens is 248 g/mol. The normalized spacial score (nSPS) is 17.6. The van der Waals surface area contributed by atoms with Crippen molar-refractivity contribution in [2.75, 3.05) is 37.2 Å². The van der Waals surface area contributed by atoms with Crippen molar-refractivity contribution < 1.29 is 8.78 Å². The molecule has 0 radical (unpaired) electrons. The van der Waals surface area contributed by atoms with E-state index in [9.17, 15) is 8.78 Å². The Morgan fingerprint density at radius 3 is 2.42 bits per heavy atom. The summed E-state index contributed by atoms with van der Waals surface area (Å²) < 4.78 is 27.1. The quantitative estimate of drug-likeness (QED) is 0.826. The summed E-state index contributed by atoms with van der Waals surface area (Å²) in [6.07, 6.45) is 2.40. The summed E-state index contributed by atoms with van der Waals surface area (Å²) in [6, 6.07) is 2.27. The highest BCUT2D eigenvalue weighted by atomic mass is 19.1. The van der Waals surface area contributed by atoms with Crippen molar-refractivity contribution in [2.24, 2.45) is 5.92 Å². The molecule has 1 heterocycles. The Morgan fingerprint density at radius 2 is 1.84 bits per heavy atom. The van der Waals surface area contributed by atoms with Crippen LogP contribution in [0, 0.1) is 17.6 Å². The van der Waals surface area contributed by atoms with Gasteiger partial charge in [0.15, 0.2) is 11.6 Å². The topological polar surface area (TPSA) is 41.3 Å². The smallest absolute Gasteiger partial charge is 0.151 e. The van der Waals surface area contributed by atoms with Crippen LogP contribution in [0.4, 0.5) is 20.2 Å². The first-order chi connectivity index (χ1) is 9.06. The van der Waals surface area contributed by atoms with Crippen LogP contribution < -0.4 is 11.1 Å². The predicted molar refractivity (Wildman–Crippen MR) is 74.1 cm³/mol. The zero-order chi connectivity index (χ0) is 13.8. The van der Waals surface area contributed by atoms with E-state index in [-0.39, 0.29) is 11.4 Å². The van der Waals surface area contributed by atoms with Gasteiger partial charge < -0.3 is 16.0 Å². The van der Waals surface area contributed by atoms with Crippen molar-refractivity contribution in [1.29, 1.82) is 0 Å². The van der Waals surface area contributed by atoms with Gasteiger partial charge in [-0.3, -0.25) is 0 Å². The van der Waals surface area contributed by atoms with Crippen LogP contribution in [0.25, 0.3) is 0 Å². The molecule has 1 aliphatic rings. The third-order valence-corrected chi connectivity index (χ3v) is 3.67. The molecule has 3 nitrogen and oxygen atoms in total. The lowest BCUT2D eigenvalue weighted by Crippen LogP contribution is -2.36. The van der Waals surface area contributed by atoms with Crippen molar-refractivity contribution >= 4 is 11.4 Å². The SMILES string of the molecule is CC1CCN(CCNc2c(F)cc(N)cc2F)CC1. The number of halogens is 2. The molecule has 1 aliphatic heterocycles. The Hall–Kier alpha value is -1.36. The largest absolute Gasteiger partial charge is 0.399 e. The molecule has 1 aromatic carbocycles. The number of benzene rings is 1. The molecule has 0 amide bonds. The first-order valence-corrected chi connectivity index (χ1v) is 6.77. The molecule has 3 N–H and O–H groups in total. The number of anilines is 2. The van der Waals surface area contributed by atoms with Crippen molar-refractivity contribution in [3.05, 3.63) is 23.8 Å². The van der Waals surface area contributed by atoms with Gasteiger partial charge in [-0.25, -0.2) is 8.78 Å². The van der Waals surface area contributed by atoms with Crippen molar-refractivity contribution in [1.82, 2.24) is 4.90 Å². The Morgan fingerprint density at radius 1 is 1.26 bits per heavy atom. The Labute approximate surface area is 112 Å². The van der Waals surface area contributed by atoms with E-state index < -0.39 is 11.6 Å². The summed E-state index contributed by atoms with van der Waals surface area (Å²) >= 11 is 0. The van der Waals surface area contributed by atoms with E-state index in [4.69, 9.17) is 5.73 Å². The first-order valence-electron chi connectivity index (χ1n) is 6.77. The molecular formula is C14H21F2N3. The number of rotatable bonds is 4. The number of piperidine rings is 1. The standard InChI is InChI=1S/C14H21F2N3/c1-10-2-5-19(6-3-10)7-4-18-14-12(15)8-11(17)9-13(14)16/h8-10,18H,2-7,17H2,1H3. The molecule has 0 bridgehead atoms. The fraction of sp³-hybridized carbons (Fsp3) is 0.571. The highest BCUT2D eigenvalue weighted by molar-refractivity contribution is 5.54. The number of hydrogen-bond acceptors (Lipinski definition) is 3. The molecule has 19 heavy (non-hydrogen) atoms. The average Bonchev–Trinajstić information content (AvgIpc) is 2.34. The lowest BCUT2D eigenvalue weighted by molar-refractivity contribution is 0.199. The van der Waals surface area contributed by atoms with Crippen LogP contribution in [0.5, 0.6) is 0 Å². The van der Waals surface area contributed by atoms with Gasteiger partial charge in [0.2, 0.25) is 0 Å². The molecule has 0 unspecified atom stereocenters. The second kappa shape index (κ2) is 6.19. The van der Waals surface area contributed by atoms with E-state index in [0.29, 0.717) is 6.54 Å². The van der Waals surface area contributed by atoms with Gasteiger partial charge in [0.25, 0.3) is 0 Å². The first kappa shape index (κ1) is 14.1. The molecule has 1 saturated heterocycles. The van der Waals surface area contributed by atoms with Crippen LogP contribution >= 0.6 is 0 Å². The third-order valence-electron chi connectivity index (χ3n) is 3.67. The van der Waals surface area contributed by atoms with Crippen LogP contribution in [0.3, 0.4) is 0 Å². The molecule has 106 valence electrons. The monoisotopic (exact) mass is 269 g/mol. The summed E-state index contributed by atoms with van der Waals surface area (Å²) in [5.74, 6) is -0.481. The van der Waals surface area contributed by atoms with E-state index in [0.717, 1.165) is 37.7 Å². The van der Waals surface area contributed by atoms with Crippen molar-refractivity contribution in [3.63, 3.8) is 0 Å². The fourth-order valence-corrected chi connectivity index (χ4v) is 2.39. The summed E-state index contributed by atoms with van der Waals surface area (Å²) in [5.41, 5.74) is 5.39. The highest BCUT2D eigenvalue weighted by Gasteiger charge is 2.15. The minimum atomic E-state index is -0.634. The minimum Gasteiger partial charge on any atom is -0.399 e. The summed E-state index contributed by atoms with van der Waals surface area (Å²) in [4.78, 5) is 2.32. The van der Waals surface area contributed by atoms with Crippen LogP contribution in [0.2, 0.25) is 0 Å². The number of nitrogen functional groups attached to an aromatic ring is 1. The molecule has 5 heteroatoms. The van der Waals surface area contributed by atoms with Crippen molar-refractivity contribution in [2.45, 2.75) is 19.8 Å². The summed E-state index contributed by atoms with van der Waals surface area (Å²) in [6.45, 7) is 5.72. The number of nitrogens with one attached hydrogen (secondary N) is 1. The Balaban J connectivity index is 1.83. The highest BCUT2D eigenvalue weighted by Crippen LogP contribution is 2.22. The summed E-state index contributed by atoms with van der Waals surface area (Å²) in [7, 11) is 0. The van der Waals surface area contributed by atoms with Crippen LogP contribution in [0.15, 0.2) is 12.1 Å². The van der Waals surface area contributed by atoms with Gasteiger partial charge in [-0.05, 0) is 44.0 Å². The molecule has 1 aromatic rings. The summed E-state index contributed by atoms with van der Waals surface area (Å²) in [5, 5.41) is 2.82. The number of nitrogens with zero attached hydrogens (tertiary/aromatic N) is 1. The number of nitrogens with two attached hydrogens (primary N) is 1. The molecule has 1 fully saturated rings. The van der Waals surface area contributed by atoms with Gasteiger partial charge in [-0.15, -0.1) is 0 Å². The van der Waals surface area contributed by atoms with E-state index in [1.807, 2.05) is 0 Å². The molecule has 2 rings (SSSR count). The van der Waals surface area contributed by atoms with Gasteiger partial charge in [0, 0.05) is 18.8 Å². The van der Waals surface area contributed by atoms with E-state index in [2.05, 4.69) is 17.1 Å². The maximum absolute atomic E-state index is 13.5. The fourth-order valence-electron chi connectivity index (χ4n) is 2.39. The molecule has 0 saturated carbocycles. The maximum atomic E-state index is 13.5. The molecule has 0 atom stereocenters. The molecule has 0 aromatic heterocycles. The second-order valence-corrected chi connectivity index (χ2v) is 5.31.